The molecule has 104 valence electrons. The lowest BCUT2D eigenvalue weighted by Crippen LogP contribution is -2.54. The zero-order valence-electron chi connectivity index (χ0n) is 8.69. The predicted octanol–water partition coefficient (Wildman–Crippen LogP) is 4.56. The molecular weight excluding hydrogens is 284 g/mol. The quantitative estimate of drug-likeness (QED) is 0.514. The van der Waals surface area contributed by atoms with Crippen molar-refractivity contribution in [2.24, 2.45) is 0 Å². The first-order valence-electron chi connectivity index (χ1n) is 4.26. The summed E-state index contributed by atoms with van der Waals surface area (Å²) >= 11 is 4.36. The zero-order chi connectivity index (χ0) is 14.3. The number of halogens is 9. The van der Waals surface area contributed by atoms with Crippen LogP contribution in [0.5, 0.6) is 0 Å². The van der Waals surface area contributed by atoms with Crippen molar-refractivity contribution in [1.29, 1.82) is 0 Å². The molecule has 0 radical (unpaired) electrons. The van der Waals surface area contributed by atoms with Gasteiger partial charge in [0.2, 0.25) is 6.17 Å². The second-order valence-electron chi connectivity index (χ2n) is 3.89. The molecule has 0 aliphatic carbocycles. The van der Waals surface area contributed by atoms with Crippen molar-refractivity contribution in [1.82, 2.24) is 0 Å². The van der Waals surface area contributed by atoms with Gasteiger partial charge in [-0.15, -0.1) is 0 Å². The lowest BCUT2D eigenvalue weighted by atomic mass is 9.99. The van der Waals surface area contributed by atoms with Crippen LogP contribution in [0, 0.1) is 0 Å². The number of alkyl halides is 9. The molecule has 0 nitrogen and oxygen atoms in total. The standard InChI is InChI=1S/C8H9ClF8/c1-5(11,12)3-7(15,16)8(9,17)4(10)6(2,13)14/h4H,3H2,1-2H3. The number of rotatable bonds is 5. The Morgan fingerprint density at radius 2 is 1.29 bits per heavy atom. The Morgan fingerprint density at radius 1 is 0.941 bits per heavy atom. The van der Waals surface area contributed by atoms with Gasteiger partial charge in [-0.25, -0.2) is 35.1 Å². The first-order valence-corrected chi connectivity index (χ1v) is 4.64. The summed E-state index contributed by atoms with van der Waals surface area (Å²) in [5, 5.41) is -4.91. The molecule has 2 atom stereocenters. The monoisotopic (exact) mass is 292 g/mol. The van der Waals surface area contributed by atoms with E-state index < -0.39 is 35.5 Å². The Kier molecular flexibility index (Phi) is 4.37. The highest BCUT2D eigenvalue weighted by molar-refractivity contribution is 6.24. The van der Waals surface area contributed by atoms with E-state index in [9.17, 15) is 35.1 Å². The van der Waals surface area contributed by atoms with Crippen molar-refractivity contribution >= 4 is 11.6 Å². The molecular formula is C8H9ClF8. The molecule has 2 unspecified atom stereocenters. The van der Waals surface area contributed by atoms with Crippen molar-refractivity contribution in [2.45, 2.75) is 49.3 Å². The van der Waals surface area contributed by atoms with E-state index in [0.717, 1.165) is 0 Å². The average Bonchev–Trinajstić information content (AvgIpc) is 1.95. The van der Waals surface area contributed by atoms with Crippen molar-refractivity contribution < 1.29 is 35.1 Å². The van der Waals surface area contributed by atoms with Crippen molar-refractivity contribution in [3.05, 3.63) is 0 Å². The maximum atomic E-state index is 13.1. The third-order valence-electron chi connectivity index (χ3n) is 1.78. The van der Waals surface area contributed by atoms with Crippen molar-refractivity contribution in [2.75, 3.05) is 0 Å². The van der Waals surface area contributed by atoms with Gasteiger partial charge in [-0.2, -0.15) is 0 Å². The van der Waals surface area contributed by atoms with E-state index in [1.165, 1.54) is 0 Å². The molecule has 9 heteroatoms. The Labute approximate surface area is 96.9 Å². The van der Waals surface area contributed by atoms with Crippen LogP contribution in [0.4, 0.5) is 35.1 Å². The van der Waals surface area contributed by atoms with E-state index in [4.69, 9.17) is 0 Å². The van der Waals surface area contributed by atoms with E-state index in [0.29, 0.717) is 0 Å². The van der Waals surface area contributed by atoms with E-state index in [1.54, 1.807) is 0 Å². The van der Waals surface area contributed by atoms with Crippen LogP contribution in [-0.4, -0.2) is 29.1 Å². The Bertz CT molecular complexity index is 264. The van der Waals surface area contributed by atoms with E-state index in [-0.39, 0.29) is 13.8 Å². The maximum Gasteiger partial charge on any atom is 0.304 e. The van der Waals surface area contributed by atoms with Gasteiger partial charge in [0.25, 0.3) is 17.0 Å². The van der Waals surface area contributed by atoms with Gasteiger partial charge in [-0.3, -0.25) is 0 Å². The summed E-state index contributed by atoms with van der Waals surface area (Å²) in [4.78, 5) is 0. The van der Waals surface area contributed by atoms with Crippen LogP contribution >= 0.6 is 11.6 Å². The van der Waals surface area contributed by atoms with Crippen LogP contribution in [0.3, 0.4) is 0 Å². The van der Waals surface area contributed by atoms with Crippen LogP contribution in [0.1, 0.15) is 20.3 Å². The first-order chi connectivity index (χ1) is 7.11. The largest absolute Gasteiger partial charge is 0.304 e. The maximum absolute atomic E-state index is 13.1. The Hall–Kier alpha value is -0.270. The fourth-order valence-electron chi connectivity index (χ4n) is 1.01. The highest BCUT2D eigenvalue weighted by Crippen LogP contribution is 2.49. The lowest BCUT2D eigenvalue weighted by molar-refractivity contribution is -0.204. The van der Waals surface area contributed by atoms with Crippen LogP contribution in [0.15, 0.2) is 0 Å². The molecule has 0 heterocycles. The highest BCUT2D eigenvalue weighted by atomic mass is 35.5. The summed E-state index contributed by atoms with van der Waals surface area (Å²) in [5.41, 5.74) is 0. The molecule has 0 amide bonds. The van der Waals surface area contributed by atoms with Gasteiger partial charge < -0.3 is 0 Å². The number of hydrogen-bond acceptors (Lipinski definition) is 0. The minimum atomic E-state index is -5.15. The van der Waals surface area contributed by atoms with Gasteiger partial charge in [0.1, 0.15) is 0 Å². The molecule has 0 aromatic rings. The molecule has 0 N–H and O–H groups in total. The predicted molar refractivity (Wildman–Crippen MR) is 45.4 cm³/mol. The normalized spacial score (nSPS) is 19.9. The molecule has 0 bridgehead atoms. The molecule has 0 aliphatic rings. The van der Waals surface area contributed by atoms with Gasteiger partial charge in [-0.05, 0) is 6.92 Å². The number of hydrogen-bond donors (Lipinski definition) is 0. The van der Waals surface area contributed by atoms with Crippen LogP contribution < -0.4 is 0 Å². The van der Waals surface area contributed by atoms with Gasteiger partial charge in [0.15, 0.2) is 0 Å². The molecule has 0 saturated carbocycles. The van der Waals surface area contributed by atoms with E-state index in [1.807, 2.05) is 0 Å². The molecule has 0 saturated heterocycles. The molecule has 17 heavy (non-hydrogen) atoms. The average molecular weight is 293 g/mol. The minimum Gasteiger partial charge on any atom is -0.236 e. The van der Waals surface area contributed by atoms with Crippen molar-refractivity contribution in [3.63, 3.8) is 0 Å². The van der Waals surface area contributed by atoms with Crippen LogP contribution in [0.25, 0.3) is 0 Å². The Morgan fingerprint density at radius 3 is 1.53 bits per heavy atom. The molecule has 0 rings (SSSR count). The van der Waals surface area contributed by atoms with Gasteiger partial charge in [0.05, 0.1) is 6.42 Å². The third-order valence-corrected chi connectivity index (χ3v) is 2.25. The zero-order valence-corrected chi connectivity index (χ0v) is 9.44. The molecule has 0 fully saturated rings. The third kappa shape index (κ3) is 4.15. The van der Waals surface area contributed by atoms with Gasteiger partial charge in [-0.1, -0.05) is 11.6 Å². The molecule has 0 aliphatic heterocycles. The summed E-state index contributed by atoms with van der Waals surface area (Å²) in [7, 11) is 0. The topological polar surface area (TPSA) is 0 Å². The second-order valence-corrected chi connectivity index (χ2v) is 4.44. The van der Waals surface area contributed by atoms with Gasteiger partial charge in [0, 0.05) is 6.92 Å². The Balaban J connectivity index is 5.16. The SMILES string of the molecule is CC(F)(F)CC(F)(F)C(F)(Cl)C(F)C(C)(F)F. The van der Waals surface area contributed by atoms with Crippen LogP contribution in [-0.2, 0) is 0 Å². The summed E-state index contributed by atoms with van der Waals surface area (Å²) in [6.07, 6.45) is -6.59. The minimum absolute atomic E-state index is 0.00516. The second kappa shape index (κ2) is 4.44. The molecule has 0 aromatic heterocycles. The molecule has 0 spiro atoms. The van der Waals surface area contributed by atoms with Crippen LogP contribution in [0.2, 0.25) is 0 Å². The van der Waals surface area contributed by atoms with Gasteiger partial charge >= 0.3 is 5.92 Å². The molecule has 0 aromatic carbocycles. The first kappa shape index (κ1) is 16.7. The lowest BCUT2D eigenvalue weighted by Gasteiger charge is -2.34. The summed E-state index contributed by atoms with van der Waals surface area (Å²) in [6.45, 7) is -0.181. The smallest absolute Gasteiger partial charge is 0.236 e. The summed E-state index contributed by atoms with van der Waals surface area (Å²) in [6, 6.07) is 0. The van der Waals surface area contributed by atoms with E-state index >= 15 is 0 Å². The highest BCUT2D eigenvalue weighted by Gasteiger charge is 2.67. The van der Waals surface area contributed by atoms with Crippen molar-refractivity contribution in [3.8, 4) is 0 Å². The summed E-state index contributed by atoms with van der Waals surface area (Å²) < 4.78 is 101. The fraction of sp³-hybridized carbons (Fsp3) is 1.00. The van der Waals surface area contributed by atoms with E-state index in [2.05, 4.69) is 11.6 Å². The fourth-order valence-corrected chi connectivity index (χ4v) is 1.27. The summed E-state index contributed by atoms with van der Waals surface area (Å²) in [5.74, 6) is -13.8.